The number of hydrogen-bond acceptors (Lipinski definition) is 4. The second-order valence-corrected chi connectivity index (χ2v) is 2.68. The molecule has 1 rings (SSSR count). The number of aromatic nitrogens is 1. The van der Waals surface area contributed by atoms with Crippen LogP contribution in [0.25, 0.3) is 0 Å². The molecule has 1 amide bonds. The van der Waals surface area contributed by atoms with Crippen LogP contribution in [0.4, 0.5) is 0 Å². The molecule has 0 saturated carbocycles. The van der Waals surface area contributed by atoms with Gasteiger partial charge in [-0.25, -0.2) is 0 Å². The zero-order chi connectivity index (χ0) is 10.4. The van der Waals surface area contributed by atoms with Gasteiger partial charge in [0, 0.05) is 19.2 Å². The number of nitriles is 1. The van der Waals surface area contributed by atoms with Gasteiger partial charge >= 0.3 is 0 Å². The van der Waals surface area contributed by atoms with Gasteiger partial charge < -0.3 is 9.42 Å². The molecular weight excluding hydrogens is 182 g/mol. The van der Waals surface area contributed by atoms with E-state index in [4.69, 9.17) is 5.26 Å². The first-order chi connectivity index (χ1) is 6.79. The second kappa shape index (κ2) is 5.02. The minimum absolute atomic E-state index is 0.198. The Morgan fingerprint density at radius 2 is 2.57 bits per heavy atom. The SMILES string of the molecule is CCN(CCC#N)C(=O)c1ccon1. The highest BCUT2D eigenvalue weighted by Crippen LogP contribution is 2.02. The van der Waals surface area contributed by atoms with Crippen LogP contribution < -0.4 is 0 Å². The fourth-order valence-electron chi connectivity index (χ4n) is 1.07. The molecule has 0 unspecified atom stereocenters. The summed E-state index contributed by atoms with van der Waals surface area (Å²) >= 11 is 0. The van der Waals surface area contributed by atoms with Gasteiger partial charge in [-0.1, -0.05) is 5.16 Å². The van der Waals surface area contributed by atoms with E-state index in [0.29, 0.717) is 19.5 Å². The van der Waals surface area contributed by atoms with E-state index in [1.807, 2.05) is 13.0 Å². The average Bonchev–Trinajstić information content (AvgIpc) is 2.71. The molecule has 0 aromatic carbocycles. The van der Waals surface area contributed by atoms with Crippen molar-refractivity contribution < 1.29 is 9.32 Å². The van der Waals surface area contributed by atoms with E-state index >= 15 is 0 Å². The summed E-state index contributed by atoms with van der Waals surface area (Å²) in [4.78, 5) is 13.2. The van der Waals surface area contributed by atoms with Crippen LogP contribution in [0, 0.1) is 11.3 Å². The predicted molar refractivity (Wildman–Crippen MR) is 48.3 cm³/mol. The molecule has 0 N–H and O–H groups in total. The van der Waals surface area contributed by atoms with Crippen molar-refractivity contribution in [2.24, 2.45) is 0 Å². The lowest BCUT2D eigenvalue weighted by Gasteiger charge is -2.17. The van der Waals surface area contributed by atoms with Gasteiger partial charge in [0.05, 0.1) is 12.5 Å². The van der Waals surface area contributed by atoms with Crippen molar-refractivity contribution in [3.63, 3.8) is 0 Å². The number of carbonyl (C=O) groups is 1. The van der Waals surface area contributed by atoms with Gasteiger partial charge in [0.2, 0.25) is 0 Å². The smallest absolute Gasteiger partial charge is 0.276 e. The number of amides is 1. The van der Waals surface area contributed by atoms with Crippen molar-refractivity contribution in [3.05, 3.63) is 18.0 Å². The van der Waals surface area contributed by atoms with Gasteiger partial charge in [-0.05, 0) is 6.92 Å². The van der Waals surface area contributed by atoms with Gasteiger partial charge in [0.25, 0.3) is 5.91 Å². The lowest BCUT2D eigenvalue weighted by Crippen LogP contribution is -2.31. The van der Waals surface area contributed by atoms with Crippen LogP contribution in [0.5, 0.6) is 0 Å². The summed E-state index contributed by atoms with van der Waals surface area (Å²) in [6, 6.07) is 3.51. The summed E-state index contributed by atoms with van der Waals surface area (Å²) in [7, 11) is 0. The van der Waals surface area contributed by atoms with Crippen molar-refractivity contribution in [2.45, 2.75) is 13.3 Å². The Hall–Kier alpha value is -1.83. The van der Waals surface area contributed by atoms with Crippen LogP contribution in [0.1, 0.15) is 23.8 Å². The topological polar surface area (TPSA) is 70.1 Å². The predicted octanol–water partition coefficient (Wildman–Crippen LogP) is 1.05. The Bertz CT molecular complexity index is 326. The third kappa shape index (κ3) is 2.33. The molecule has 0 aliphatic rings. The van der Waals surface area contributed by atoms with Gasteiger partial charge in [-0.2, -0.15) is 5.26 Å². The summed E-state index contributed by atoms with van der Waals surface area (Å²) in [6.07, 6.45) is 1.68. The summed E-state index contributed by atoms with van der Waals surface area (Å²) in [5.41, 5.74) is 0.282. The maximum absolute atomic E-state index is 11.6. The Morgan fingerprint density at radius 3 is 3.07 bits per heavy atom. The number of hydrogen-bond donors (Lipinski definition) is 0. The highest BCUT2D eigenvalue weighted by Gasteiger charge is 2.15. The number of nitrogens with zero attached hydrogens (tertiary/aromatic N) is 3. The van der Waals surface area contributed by atoms with Crippen molar-refractivity contribution in [1.82, 2.24) is 10.1 Å². The first kappa shape index (κ1) is 10.3. The van der Waals surface area contributed by atoms with Crippen molar-refractivity contribution in [3.8, 4) is 6.07 Å². The molecule has 0 aliphatic heterocycles. The molecule has 0 bridgehead atoms. The second-order valence-electron chi connectivity index (χ2n) is 2.68. The standard InChI is InChI=1S/C9H11N3O2/c1-2-12(6-3-5-10)9(13)8-4-7-14-11-8/h4,7H,2-3,6H2,1H3. The molecule has 74 valence electrons. The van der Waals surface area contributed by atoms with E-state index in [-0.39, 0.29) is 11.6 Å². The molecule has 14 heavy (non-hydrogen) atoms. The van der Waals surface area contributed by atoms with Gasteiger partial charge in [0.15, 0.2) is 5.69 Å². The summed E-state index contributed by atoms with van der Waals surface area (Å²) in [6.45, 7) is 2.85. The van der Waals surface area contributed by atoms with Crippen LogP contribution >= 0.6 is 0 Å². The summed E-state index contributed by atoms with van der Waals surface area (Å²) < 4.78 is 4.57. The minimum Gasteiger partial charge on any atom is -0.364 e. The first-order valence-corrected chi connectivity index (χ1v) is 4.36. The molecule has 0 fully saturated rings. The van der Waals surface area contributed by atoms with Crippen molar-refractivity contribution in [1.29, 1.82) is 5.26 Å². The molecule has 1 aromatic heterocycles. The average molecular weight is 193 g/mol. The third-order valence-electron chi connectivity index (χ3n) is 1.82. The number of rotatable bonds is 4. The maximum Gasteiger partial charge on any atom is 0.276 e. The van der Waals surface area contributed by atoms with E-state index in [1.165, 1.54) is 12.3 Å². The van der Waals surface area contributed by atoms with E-state index in [1.54, 1.807) is 4.90 Å². The molecule has 5 nitrogen and oxygen atoms in total. The van der Waals surface area contributed by atoms with Crippen LogP contribution in [-0.2, 0) is 0 Å². The molecule has 0 radical (unpaired) electrons. The highest BCUT2D eigenvalue weighted by molar-refractivity contribution is 5.92. The zero-order valence-electron chi connectivity index (χ0n) is 7.93. The van der Waals surface area contributed by atoms with Crippen LogP contribution in [-0.4, -0.2) is 29.1 Å². The fourth-order valence-corrected chi connectivity index (χ4v) is 1.07. The first-order valence-electron chi connectivity index (χ1n) is 4.36. The van der Waals surface area contributed by atoms with Gasteiger partial charge in [0.1, 0.15) is 6.26 Å². The molecule has 0 aliphatic carbocycles. The summed E-state index contributed by atoms with van der Waals surface area (Å²) in [5.74, 6) is -0.198. The lowest BCUT2D eigenvalue weighted by atomic mass is 10.3. The maximum atomic E-state index is 11.6. The number of carbonyl (C=O) groups excluding carboxylic acids is 1. The molecule has 5 heteroatoms. The monoisotopic (exact) mass is 193 g/mol. The summed E-state index contributed by atoms with van der Waals surface area (Å²) in [5, 5.41) is 11.9. The minimum atomic E-state index is -0.198. The molecule has 1 heterocycles. The van der Waals surface area contributed by atoms with Crippen molar-refractivity contribution >= 4 is 5.91 Å². The third-order valence-corrected chi connectivity index (χ3v) is 1.82. The normalized spacial score (nSPS) is 9.43. The van der Waals surface area contributed by atoms with Crippen LogP contribution in [0.3, 0.4) is 0 Å². The lowest BCUT2D eigenvalue weighted by molar-refractivity contribution is 0.0757. The van der Waals surface area contributed by atoms with E-state index in [9.17, 15) is 4.79 Å². The molecule has 0 spiro atoms. The highest BCUT2D eigenvalue weighted by atomic mass is 16.5. The fraction of sp³-hybridized carbons (Fsp3) is 0.444. The Labute approximate surface area is 81.9 Å². The zero-order valence-corrected chi connectivity index (χ0v) is 7.93. The molecule has 0 saturated heterocycles. The Balaban J connectivity index is 2.62. The van der Waals surface area contributed by atoms with Crippen LogP contribution in [0.15, 0.2) is 16.9 Å². The largest absolute Gasteiger partial charge is 0.364 e. The van der Waals surface area contributed by atoms with E-state index in [2.05, 4.69) is 9.68 Å². The van der Waals surface area contributed by atoms with Crippen molar-refractivity contribution in [2.75, 3.05) is 13.1 Å². The van der Waals surface area contributed by atoms with Gasteiger partial charge in [-0.3, -0.25) is 4.79 Å². The quantitative estimate of drug-likeness (QED) is 0.716. The molecular formula is C9H11N3O2. The Kier molecular flexibility index (Phi) is 3.68. The van der Waals surface area contributed by atoms with Crippen LogP contribution in [0.2, 0.25) is 0 Å². The van der Waals surface area contributed by atoms with E-state index in [0.717, 1.165) is 0 Å². The molecule has 1 aromatic rings. The molecule has 0 atom stereocenters. The van der Waals surface area contributed by atoms with Gasteiger partial charge in [-0.15, -0.1) is 0 Å². The van der Waals surface area contributed by atoms with E-state index < -0.39 is 0 Å². The Morgan fingerprint density at radius 1 is 1.79 bits per heavy atom.